The van der Waals surface area contributed by atoms with E-state index in [1.165, 1.54) is 0 Å². The quantitative estimate of drug-likeness (QED) is 0.631. The fourth-order valence-corrected chi connectivity index (χ4v) is 1.75. The van der Waals surface area contributed by atoms with E-state index in [0.717, 1.165) is 6.42 Å². The lowest BCUT2D eigenvalue weighted by atomic mass is 10.1. The highest BCUT2D eigenvalue weighted by molar-refractivity contribution is 5.88. The minimum Gasteiger partial charge on any atom is -0.385 e. The second-order valence-corrected chi connectivity index (χ2v) is 4.32. The van der Waals surface area contributed by atoms with Crippen LogP contribution in [0, 0.1) is 0 Å². The van der Waals surface area contributed by atoms with Crippen LogP contribution in [0.3, 0.4) is 0 Å². The van der Waals surface area contributed by atoms with E-state index < -0.39 is 6.04 Å². The summed E-state index contributed by atoms with van der Waals surface area (Å²) in [5.74, 6) is -0.170. The normalized spacial score (nSPS) is 18.4. The lowest BCUT2D eigenvalue weighted by Gasteiger charge is -2.33. The number of carbonyl (C=O) groups excluding carboxylic acids is 2. The van der Waals surface area contributed by atoms with Gasteiger partial charge >= 0.3 is 0 Å². The fourth-order valence-electron chi connectivity index (χ4n) is 1.75. The van der Waals surface area contributed by atoms with Gasteiger partial charge in [0.2, 0.25) is 11.8 Å². The van der Waals surface area contributed by atoms with Gasteiger partial charge in [-0.15, -0.1) is 0 Å². The lowest BCUT2D eigenvalue weighted by Crippen LogP contribution is -2.54. The average molecular weight is 243 g/mol. The molecule has 17 heavy (non-hydrogen) atoms. The Kier molecular flexibility index (Phi) is 5.37. The highest BCUT2D eigenvalue weighted by Gasteiger charge is 2.27. The Hall–Kier alpha value is -1.14. The molecule has 0 aliphatic carbocycles. The minimum absolute atomic E-state index is 0.0336. The van der Waals surface area contributed by atoms with Crippen molar-refractivity contribution in [3.63, 3.8) is 0 Å². The second-order valence-electron chi connectivity index (χ2n) is 4.32. The van der Waals surface area contributed by atoms with Crippen LogP contribution < -0.4 is 5.73 Å². The molecule has 0 radical (unpaired) electrons. The van der Waals surface area contributed by atoms with Crippen molar-refractivity contribution in [2.45, 2.75) is 18.9 Å². The van der Waals surface area contributed by atoms with Crippen LogP contribution >= 0.6 is 0 Å². The molecule has 2 amide bonds. The van der Waals surface area contributed by atoms with Crippen molar-refractivity contribution in [3.8, 4) is 0 Å². The van der Waals surface area contributed by atoms with Crippen LogP contribution in [0.5, 0.6) is 0 Å². The van der Waals surface area contributed by atoms with Crippen LogP contribution in [0.15, 0.2) is 0 Å². The number of piperazine rings is 1. The zero-order valence-corrected chi connectivity index (χ0v) is 10.5. The Morgan fingerprint density at radius 1 is 1.53 bits per heavy atom. The zero-order chi connectivity index (χ0) is 12.8. The molecule has 98 valence electrons. The van der Waals surface area contributed by atoms with E-state index >= 15 is 0 Å². The van der Waals surface area contributed by atoms with E-state index in [2.05, 4.69) is 0 Å². The van der Waals surface area contributed by atoms with Crippen LogP contribution in [-0.4, -0.2) is 68.1 Å². The first-order valence-electron chi connectivity index (χ1n) is 5.83. The monoisotopic (exact) mass is 243 g/mol. The maximum atomic E-state index is 11.9. The molecule has 0 aromatic heterocycles. The number of hydrogen-bond acceptors (Lipinski definition) is 4. The van der Waals surface area contributed by atoms with Crippen molar-refractivity contribution in [3.05, 3.63) is 0 Å². The van der Waals surface area contributed by atoms with Gasteiger partial charge in [0.15, 0.2) is 0 Å². The van der Waals surface area contributed by atoms with E-state index in [-0.39, 0.29) is 18.4 Å². The summed E-state index contributed by atoms with van der Waals surface area (Å²) in [4.78, 5) is 26.6. The molecule has 1 fully saturated rings. The number of amides is 2. The van der Waals surface area contributed by atoms with Crippen molar-refractivity contribution < 1.29 is 14.3 Å². The molecule has 1 saturated heterocycles. The van der Waals surface area contributed by atoms with Crippen molar-refractivity contribution in [1.29, 1.82) is 0 Å². The van der Waals surface area contributed by atoms with E-state index in [4.69, 9.17) is 10.5 Å². The van der Waals surface area contributed by atoms with Gasteiger partial charge in [-0.25, -0.2) is 0 Å². The van der Waals surface area contributed by atoms with E-state index in [1.54, 1.807) is 24.0 Å². The average Bonchev–Trinajstić information content (AvgIpc) is 2.32. The summed E-state index contributed by atoms with van der Waals surface area (Å²) in [6.45, 7) is 1.89. The summed E-state index contributed by atoms with van der Waals surface area (Å²) in [7, 11) is 3.36. The number of hydrogen-bond donors (Lipinski definition) is 1. The molecule has 6 nitrogen and oxygen atoms in total. The highest BCUT2D eigenvalue weighted by Crippen LogP contribution is 2.05. The van der Waals surface area contributed by atoms with Gasteiger partial charge < -0.3 is 20.3 Å². The molecule has 0 saturated carbocycles. The Balaban J connectivity index is 2.38. The van der Waals surface area contributed by atoms with Gasteiger partial charge in [0.1, 0.15) is 0 Å². The molecule has 1 atom stereocenters. The third-order valence-corrected chi connectivity index (χ3v) is 2.95. The third kappa shape index (κ3) is 3.98. The van der Waals surface area contributed by atoms with Gasteiger partial charge in [0, 0.05) is 33.9 Å². The molecule has 0 aromatic carbocycles. The summed E-state index contributed by atoms with van der Waals surface area (Å²) in [6, 6.07) is -0.527. The van der Waals surface area contributed by atoms with Crippen LogP contribution in [0.25, 0.3) is 0 Å². The summed E-state index contributed by atoms with van der Waals surface area (Å²) in [6.07, 6.45) is 1.35. The van der Waals surface area contributed by atoms with Gasteiger partial charge in [0.25, 0.3) is 0 Å². The smallest absolute Gasteiger partial charge is 0.241 e. The predicted octanol–water partition coefficient (Wildman–Crippen LogP) is -0.959. The first-order valence-corrected chi connectivity index (χ1v) is 5.83. The largest absolute Gasteiger partial charge is 0.385 e. The molecule has 1 rings (SSSR count). The molecule has 2 N–H and O–H groups in total. The maximum absolute atomic E-state index is 11.9. The van der Waals surface area contributed by atoms with Gasteiger partial charge in [-0.3, -0.25) is 9.59 Å². The van der Waals surface area contributed by atoms with Crippen molar-refractivity contribution in [1.82, 2.24) is 9.80 Å². The van der Waals surface area contributed by atoms with E-state index in [9.17, 15) is 9.59 Å². The third-order valence-electron chi connectivity index (χ3n) is 2.95. The number of ether oxygens (including phenoxy) is 1. The first-order chi connectivity index (χ1) is 8.06. The summed E-state index contributed by atoms with van der Waals surface area (Å²) < 4.78 is 4.91. The van der Waals surface area contributed by atoms with Crippen LogP contribution in [-0.2, 0) is 14.3 Å². The Labute approximate surface area is 102 Å². The summed E-state index contributed by atoms with van der Waals surface area (Å²) in [5, 5.41) is 0. The van der Waals surface area contributed by atoms with Crippen molar-refractivity contribution in [2.75, 3.05) is 40.4 Å². The predicted molar refractivity (Wildman–Crippen MR) is 63.3 cm³/mol. The second kappa shape index (κ2) is 6.56. The van der Waals surface area contributed by atoms with Gasteiger partial charge in [-0.1, -0.05) is 0 Å². The summed E-state index contributed by atoms with van der Waals surface area (Å²) >= 11 is 0. The molecule has 6 heteroatoms. The molecule has 1 aliphatic rings. The van der Waals surface area contributed by atoms with E-state index in [0.29, 0.717) is 26.1 Å². The van der Waals surface area contributed by atoms with Gasteiger partial charge in [-0.2, -0.15) is 0 Å². The topological polar surface area (TPSA) is 75.9 Å². The van der Waals surface area contributed by atoms with Crippen LogP contribution in [0.2, 0.25) is 0 Å². The van der Waals surface area contributed by atoms with Gasteiger partial charge in [-0.05, 0) is 12.8 Å². The first kappa shape index (κ1) is 13.9. The van der Waals surface area contributed by atoms with Crippen molar-refractivity contribution in [2.24, 2.45) is 5.73 Å². The molecule has 0 bridgehead atoms. The molecule has 0 spiro atoms. The Morgan fingerprint density at radius 2 is 2.24 bits per heavy atom. The number of nitrogens with zero attached hydrogens (tertiary/aromatic N) is 2. The minimum atomic E-state index is -0.527. The molecule has 0 aromatic rings. The molecule has 1 aliphatic heterocycles. The van der Waals surface area contributed by atoms with Crippen molar-refractivity contribution >= 4 is 11.8 Å². The standard InChI is InChI=1S/C11H21N3O3/c1-13-5-6-14(8-10(13)15)11(16)9(12)4-3-7-17-2/h9H,3-8,12H2,1-2H3. The Morgan fingerprint density at radius 3 is 2.82 bits per heavy atom. The number of nitrogens with two attached hydrogens (primary N) is 1. The lowest BCUT2D eigenvalue weighted by molar-refractivity contribution is -0.145. The van der Waals surface area contributed by atoms with Crippen LogP contribution in [0.1, 0.15) is 12.8 Å². The molecule has 1 unspecified atom stereocenters. The highest BCUT2D eigenvalue weighted by atomic mass is 16.5. The Bertz CT molecular complexity index is 283. The zero-order valence-electron chi connectivity index (χ0n) is 10.5. The van der Waals surface area contributed by atoms with Gasteiger partial charge in [0.05, 0.1) is 12.6 Å². The molecular formula is C11H21N3O3. The fraction of sp³-hybridized carbons (Fsp3) is 0.818. The van der Waals surface area contributed by atoms with Crippen LogP contribution in [0.4, 0.5) is 0 Å². The number of likely N-dealkylation sites (N-methyl/N-ethyl adjacent to an activating group) is 1. The number of carbonyl (C=O) groups is 2. The summed E-state index contributed by atoms with van der Waals surface area (Å²) in [5.41, 5.74) is 5.80. The SMILES string of the molecule is COCCCC(N)C(=O)N1CCN(C)C(=O)C1. The number of rotatable bonds is 5. The maximum Gasteiger partial charge on any atom is 0.241 e. The van der Waals surface area contributed by atoms with E-state index in [1.807, 2.05) is 0 Å². The molecular weight excluding hydrogens is 222 g/mol. The molecule has 1 heterocycles. The number of methoxy groups -OCH3 is 1.